The Balaban J connectivity index is 0.000000646. The number of rotatable bonds is 9. The Morgan fingerprint density at radius 3 is 1.72 bits per heavy atom. The van der Waals surface area contributed by atoms with E-state index >= 15 is 0 Å². The molecule has 248 valence electrons. The molecule has 4 aliphatic rings. The first-order valence-corrected chi connectivity index (χ1v) is 13.3. The van der Waals surface area contributed by atoms with Crippen LogP contribution < -0.4 is 11.1 Å². The Morgan fingerprint density at radius 2 is 1.30 bits per heavy atom. The molecule has 4 heterocycles. The van der Waals surface area contributed by atoms with E-state index in [1.54, 1.807) is 27.7 Å². The molecule has 0 aromatic carbocycles. The minimum Gasteiger partial charge on any atom is -0.475 e. The van der Waals surface area contributed by atoms with Gasteiger partial charge in [0.15, 0.2) is 24.2 Å². The fourth-order valence-electron chi connectivity index (χ4n) is 5.32. The van der Waals surface area contributed by atoms with E-state index in [1.807, 2.05) is 0 Å². The van der Waals surface area contributed by atoms with Gasteiger partial charge in [0.25, 0.3) is 0 Å². The Hall–Kier alpha value is -2.16. The van der Waals surface area contributed by atoms with Gasteiger partial charge in [-0.15, -0.1) is 0 Å². The minimum atomic E-state index is -5.08. The van der Waals surface area contributed by atoms with Crippen molar-refractivity contribution in [2.45, 2.75) is 120 Å². The predicted molar refractivity (Wildman–Crippen MR) is 134 cm³/mol. The van der Waals surface area contributed by atoms with Crippen molar-refractivity contribution in [2.75, 3.05) is 21.3 Å². The number of aliphatic carboxylic acids is 1. The molecule has 2 unspecified atom stereocenters. The maximum Gasteiger partial charge on any atom is 0.490 e. The number of ether oxygens (including phenoxy) is 9. The lowest BCUT2D eigenvalue weighted by Crippen LogP contribution is -2.53. The lowest BCUT2D eigenvalue weighted by Gasteiger charge is -2.31. The number of nitrogens with two attached hydrogens (primary N) is 1. The summed E-state index contributed by atoms with van der Waals surface area (Å²) in [4.78, 5) is 34.1. The van der Waals surface area contributed by atoms with Crippen LogP contribution in [-0.2, 0) is 57.0 Å². The number of halogens is 3. The van der Waals surface area contributed by atoms with Crippen LogP contribution >= 0.6 is 0 Å². The molecule has 4 aliphatic heterocycles. The highest BCUT2D eigenvalue weighted by Gasteiger charge is 2.58. The standard InChI is InChI=1S/C23H38N2O11.C2HF3O2/c1-22(2)33-18-16(29-6)14(31-20(18)35-22)10(24)8-12(26)25-11(9-13(27)28-5)15-17(30-7)19-21(32-15)36-23(3,4)34-19;3-2(4,5)1(6)7/h10-11,14-21H,8-9,24H2,1-7H3,(H,25,26);(H,6,7)/t10?,11?,14-,15-,16+,17+,18-,19-,20-,21-;/m1./s1. The van der Waals surface area contributed by atoms with Gasteiger partial charge in [0.05, 0.1) is 19.6 Å². The summed E-state index contributed by atoms with van der Waals surface area (Å²) in [6, 6.07) is -1.51. The van der Waals surface area contributed by atoms with Crippen molar-refractivity contribution in [2.24, 2.45) is 5.73 Å². The van der Waals surface area contributed by atoms with E-state index in [4.69, 9.17) is 58.3 Å². The first-order valence-electron chi connectivity index (χ1n) is 13.3. The van der Waals surface area contributed by atoms with Gasteiger partial charge in [-0.1, -0.05) is 0 Å². The number of hydrogen-bond donors (Lipinski definition) is 3. The molecule has 0 aromatic heterocycles. The number of esters is 1. The summed E-state index contributed by atoms with van der Waals surface area (Å²) in [5.41, 5.74) is 6.37. The Labute approximate surface area is 245 Å². The summed E-state index contributed by atoms with van der Waals surface area (Å²) in [7, 11) is 4.31. The van der Waals surface area contributed by atoms with Gasteiger partial charge in [-0.25, -0.2) is 4.79 Å². The van der Waals surface area contributed by atoms with Crippen LogP contribution in [0, 0.1) is 0 Å². The number of fused-ring (bicyclic) bond motifs is 2. The van der Waals surface area contributed by atoms with Crippen LogP contribution in [-0.4, -0.2) is 123 Å². The van der Waals surface area contributed by atoms with Crippen LogP contribution in [0.4, 0.5) is 13.2 Å². The van der Waals surface area contributed by atoms with E-state index in [0.717, 1.165) is 0 Å². The molecule has 4 saturated heterocycles. The van der Waals surface area contributed by atoms with Crippen LogP contribution in [0.5, 0.6) is 0 Å². The minimum absolute atomic E-state index is 0.109. The zero-order valence-electron chi connectivity index (χ0n) is 24.7. The second-order valence-corrected chi connectivity index (χ2v) is 11.2. The summed E-state index contributed by atoms with van der Waals surface area (Å²) < 4.78 is 83.2. The average Bonchev–Trinajstić information content (AvgIpc) is 3.56. The van der Waals surface area contributed by atoms with Gasteiger partial charge in [0.2, 0.25) is 5.91 Å². The molecule has 0 radical (unpaired) electrons. The highest BCUT2D eigenvalue weighted by Crippen LogP contribution is 2.41. The van der Waals surface area contributed by atoms with Crippen molar-refractivity contribution in [1.29, 1.82) is 0 Å². The summed E-state index contributed by atoms with van der Waals surface area (Å²) in [5, 5.41) is 9.98. The highest BCUT2D eigenvalue weighted by atomic mass is 19.4. The summed E-state index contributed by atoms with van der Waals surface area (Å²) >= 11 is 0. The summed E-state index contributed by atoms with van der Waals surface area (Å²) in [6.07, 6.45) is -10.1. The van der Waals surface area contributed by atoms with Gasteiger partial charge in [-0.05, 0) is 27.7 Å². The molecule has 0 bridgehead atoms. The number of carbonyl (C=O) groups is 3. The molecule has 0 saturated carbocycles. The Morgan fingerprint density at radius 1 is 0.860 bits per heavy atom. The lowest BCUT2D eigenvalue weighted by atomic mass is 9.98. The fraction of sp³-hybridized carbons (Fsp3) is 0.880. The van der Waals surface area contributed by atoms with Crippen molar-refractivity contribution in [3.8, 4) is 0 Å². The van der Waals surface area contributed by atoms with Gasteiger partial charge in [-0.2, -0.15) is 13.2 Å². The van der Waals surface area contributed by atoms with E-state index in [9.17, 15) is 22.8 Å². The molecule has 10 atom stereocenters. The van der Waals surface area contributed by atoms with E-state index in [2.05, 4.69) is 5.32 Å². The lowest BCUT2D eigenvalue weighted by molar-refractivity contribution is -0.220. The molecule has 18 heteroatoms. The molecule has 4 fully saturated rings. The van der Waals surface area contributed by atoms with E-state index in [1.165, 1.54) is 21.3 Å². The smallest absolute Gasteiger partial charge is 0.475 e. The van der Waals surface area contributed by atoms with Gasteiger partial charge in [0.1, 0.15) is 36.6 Å². The molecule has 4 rings (SSSR count). The molecule has 1 amide bonds. The van der Waals surface area contributed by atoms with Gasteiger partial charge >= 0.3 is 18.1 Å². The maximum absolute atomic E-state index is 13.1. The van der Waals surface area contributed by atoms with Gasteiger partial charge < -0.3 is 58.8 Å². The summed E-state index contributed by atoms with van der Waals surface area (Å²) in [5.74, 6) is -5.34. The van der Waals surface area contributed by atoms with Crippen LogP contribution in [0.25, 0.3) is 0 Å². The molecule has 43 heavy (non-hydrogen) atoms. The van der Waals surface area contributed by atoms with Crippen molar-refractivity contribution in [1.82, 2.24) is 5.32 Å². The van der Waals surface area contributed by atoms with Gasteiger partial charge in [-0.3, -0.25) is 9.59 Å². The molecular formula is C25H39F3N2O13. The molecule has 0 aliphatic carbocycles. The fourth-order valence-corrected chi connectivity index (χ4v) is 5.32. The van der Waals surface area contributed by atoms with Crippen LogP contribution in [0.15, 0.2) is 0 Å². The average molecular weight is 633 g/mol. The summed E-state index contributed by atoms with van der Waals surface area (Å²) in [6.45, 7) is 7.12. The van der Waals surface area contributed by atoms with Crippen molar-refractivity contribution < 1.29 is 75.3 Å². The molecule has 4 N–H and O–H groups in total. The normalized spacial score (nSPS) is 35.2. The van der Waals surface area contributed by atoms with Crippen LogP contribution in [0.2, 0.25) is 0 Å². The van der Waals surface area contributed by atoms with E-state index in [0.29, 0.717) is 0 Å². The number of amides is 1. The number of methoxy groups -OCH3 is 3. The maximum atomic E-state index is 13.1. The first-order chi connectivity index (χ1) is 19.8. The molecule has 15 nitrogen and oxygen atoms in total. The molecule has 0 spiro atoms. The topological polar surface area (TPSA) is 193 Å². The van der Waals surface area contributed by atoms with E-state index in [-0.39, 0.29) is 12.8 Å². The second-order valence-electron chi connectivity index (χ2n) is 11.2. The molecular weight excluding hydrogens is 593 g/mol. The zero-order valence-corrected chi connectivity index (χ0v) is 24.7. The number of carboxylic acid groups (broad SMARTS) is 1. The predicted octanol–water partition coefficient (Wildman–Crippen LogP) is 0.168. The SMILES string of the molecule is COC(=O)CC(NC(=O)CC(N)[C@H]1O[C@@H]2OC(C)(C)O[C@@H]2[C@H]1OC)[C@H]1O[C@@H]2OC(C)(C)O[C@@H]2[C@H]1OC.O=C(O)C(F)(F)F. The monoisotopic (exact) mass is 632 g/mol. The number of nitrogens with one attached hydrogen (secondary N) is 1. The van der Waals surface area contributed by atoms with Crippen LogP contribution in [0.1, 0.15) is 40.5 Å². The largest absolute Gasteiger partial charge is 0.490 e. The third-order valence-corrected chi connectivity index (χ3v) is 7.04. The number of carbonyl (C=O) groups excluding carboxylic acids is 2. The number of alkyl halides is 3. The van der Waals surface area contributed by atoms with Gasteiger partial charge in [0, 0.05) is 26.7 Å². The Kier molecular flexibility index (Phi) is 11.0. The Bertz CT molecular complexity index is 1010. The van der Waals surface area contributed by atoms with Crippen molar-refractivity contribution >= 4 is 17.8 Å². The van der Waals surface area contributed by atoms with Crippen molar-refractivity contribution in [3.05, 3.63) is 0 Å². The third kappa shape index (κ3) is 8.52. The quantitative estimate of drug-likeness (QED) is 0.291. The highest BCUT2D eigenvalue weighted by molar-refractivity contribution is 5.78. The number of hydrogen-bond acceptors (Lipinski definition) is 13. The van der Waals surface area contributed by atoms with E-state index < -0.39 is 96.9 Å². The third-order valence-electron chi connectivity index (χ3n) is 7.04. The van der Waals surface area contributed by atoms with Crippen molar-refractivity contribution in [3.63, 3.8) is 0 Å². The first kappa shape index (κ1) is 35.3. The van der Waals surface area contributed by atoms with Crippen LogP contribution in [0.3, 0.4) is 0 Å². The number of carboxylic acids is 1. The zero-order chi connectivity index (χ0) is 32.5. The molecule has 0 aromatic rings. The second kappa shape index (κ2) is 13.5.